The monoisotopic (exact) mass is 288 g/mol. The summed E-state index contributed by atoms with van der Waals surface area (Å²) in [4.78, 5) is 2.62. The predicted octanol–water partition coefficient (Wildman–Crippen LogP) is 4.30. The number of anilines is 1. The maximum Gasteiger partial charge on any atom is 0.0401 e. The van der Waals surface area contributed by atoms with Crippen LogP contribution in [0.2, 0.25) is 0 Å². The van der Waals surface area contributed by atoms with Crippen molar-refractivity contribution in [2.24, 2.45) is 0 Å². The smallest absolute Gasteiger partial charge is 0.0401 e. The first-order chi connectivity index (χ1) is 9.87. The molecule has 1 aliphatic rings. The van der Waals surface area contributed by atoms with Crippen molar-refractivity contribution in [3.05, 3.63) is 29.3 Å². The number of rotatable bonds is 5. The molecule has 1 unspecified atom stereocenters. The number of hydrogen-bond donors (Lipinski definition) is 1. The summed E-state index contributed by atoms with van der Waals surface area (Å²) in [6.07, 6.45) is 5.04. The predicted molar refractivity (Wildman–Crippen MR) is 93.3 cm³/mol. The summed E-state index contributed by atoms with van der Waals surface area (Å²) in [5.74, 6) is 0. The summed E-state index contributed by atoms with van der Waals surface area (Å²) in [6, 6.07) is 7.59. The summed E-state index contributed by atoms with van der Waals surface area (Å²) in [7, 11) is 0. The van der Waals surface area contributed by atoms with Gasteiger partial charge in [0, 0.05) is 23.8 Å². The van der Waals surface area contributed by atoms with E-state index in [2.05, 4.69) is 63.0 Å². The van der Waals surface area contributed by atoms with E-state index >= 15 is 0 Å². The van der Waals surface area contributed by atoms with Gasteiger partial charge in [-0.25, -0.2) is 0 Å². The lowest BCUT2D eigenvalue weighted by atomic mass is 9.97. The van der Waals surface area contributed by atoms with Gasteiger partial charge in [0.1, 0.15) is 0 Å². The van der Waals surface area contributed by atoms with Gasteiger partial charge >= 0.3 is 0 Å². The van der Waals surface area contributed by atoms with Crippen LogP contribution in [0.25, 0.3) is 0 Å². The molecule has 1 atom stereocenters. The van der Waals surface area contributed by atoms with E-state index in [1.807, 2.05) is 0 Å². The van der Waals surface area contributed by atoms with Crippen molar-refractivity contribution >= 4 is 5.69 Å². The molecule has 0 aliphatic carbocycles. The summed E-state index contributed by atoms with van der Waals surface area (Å²) in [5, 5.41) is 3.59. The quantitative estimate of drug-likeness (QED) is 0.812. The Bertz CT molecular complexity index is 459. The molecule has 21 heavy (non-hydrogen) atoms. The molecule has 0 spiro atoms. The Labute approximate surface area is 130 Å². The number of nitrogens with zero attached hydrogens (tertiary/aromatic N) is 1. The standard InChI is InChI=1S/C19H32N2/c1-15-10-11-18-17(14-15)9-7-13-21(18)16(2)8-6-12-20-19(3,4)5/h10-11,14,16,20H,6-9,12-13H2,1-5H3. The summed E-state index contributed by atoms with van der Waals surface area (Å²) in [6.45, 7) is 13.6. The Morgan fingerprint density at radius 2 is 2.05 bits per heavy atom. The van der Waals surface area contributed by atoms with Crippen molar-refractivity contribution in [2.75, 3.05) is 18.0 Å². The van der Waals surface area contributed by atoms with Crippen LogP contribution < -0.4 is 10.2 Å². The fourth-order valence-corrected chi connectivity index (χ4v) is 3.23. The topological polar surface area (TPSA) is 15.3 Å². The number of hydrogen-bond acceptors (Lipinski definition) is 2. The first kappa shape index (κ1) is 16.4. The lowest BCUT2D eigenvalue weighted by Crippen LogP contribution is -2.39. The summed E-state index contributed by atoms with van der Waals surface area (Å²) < 4.78 is 0. The van der Waals surface area contributed by atoms with Gasteiger partial charge in [-0.15, -0.1) is 0 Å². The SMILES string of the molecule is Cc1ccc2c(c1)CCCN2C(C)CCCNC(C)(C)C. The maximum atomic E-state index is 3.59. The second kappa shape index (κ2) is 6.83. The van der Waals surface area contributed by atoms with Gasteiger partial charge in [-0.1, -0.05) is 17.7 Å². The van der Waals surface area contributed by atoms with Crippen LogP contribution in [0, 0.1) is 6.92 Å². The molecular formula is C19H32N2. The molecule has 0 radical (unpaired) electrons. The highest BCUT2D eigenvalue weighted by atomic mass is 15.2. The van der Waals surface area contributed by atoms with Crippen LogP contribution in [0.15, 0.2) is 18.2 Å². The highest BCUT2D eigenvalue weighted by molar-refractivity contribution is 5.57. The van der Waals surface area contributed by atoms with Crippen molar-refractivity contribution in [1.29, 1.82) is 0 Å². The molecule has 0 amide bonds. The van der Waals surface area contributed by atoms with Gasteiger partial charge in [-0.05, 0) is 78.5 Å². The Hall–Kier alpha value is -1.02. The van der Waals surface area contributed by atoms with E-state index in [-0.39, 0.29) is 5.54 Å². The van der Waals surface area contributed by atoms with Crippen LogP contribution in [0.3, 0.4) is 0 Å². The third-order valence-electron chi connectivity index (χ3n) is 4.38. The van der Waals surface area contributed by atoms with Crippen molar-refractivity contribution in [3.8, 4) is 0 Å². The van der Waals surface area contributed by atoms with Gasteiger partial charge < -0.3 is 10.2 Å². The molecule has 1 heterocycles. The minimum absolute atomic E-state index is 0.235. The summed E-state index contributed by atoms with van der Waals surface area (Å²) >= 11 is 0. The lowest BCUT2D eigenvalue weighted by Gasteiger charge is -2.37. The Kier molecular flexibility index (Phi) is 5.32. The zero-order valence-electron chi connectivity index (χ0n) is 14.5. The van der Waals surface area contributed by atoms with Gasteiger partial charge in [0.25, 0.3) is 0 Å². The number of aryl methyl sites for hydroxylation is 2. The van der Waals surface area contributed by atoms with Gasteiger partial charge in [0.2, 0.25) is 0 Å². The van der Waals surface area contributed by atoms with Gasteiger partial charge in [0.15, 0.2) is 0 Å². The van der Waals surface area contributed by atoms with E-state index in [9.17, 15) is 0 Å². The molecular weight excluding hydrogens is 256 g/mol. The molecule has 1 aliphatic heterocycles. The third-order valence-corrected chi connectivity index (χ3v) is 4.38. The molecule has 118 valence electrons. The van der Waals surface area contributed by atoms with Gasteiger partial charge in [-0.2, -0.15) is 0 Å². The van der Waals surface area contributed by atoms with Gasteiger partial charge in [0.05, 0.1) is 0 Å². The molecule has 2 nitrogen and oxygen atoms in total. The van der Waals surface area contributed by atoms with E-state index < -0.39 is 0 Å². The molecule has 1 aromatic carbocycles. The highest BCUT2D eigenvalue weighted by Gasteiger charge is 2.21. The van der Waals surface area contributed by atoms with Gasteiger partial charge in [-0.3, -0.25) is 0 Å². The minimum atomic E-state index is 0.235. The van der Waals surface area contributed by atoms with E-state index in [4.69, 9.17) is 0 Å². The molecule has 0 aromatic heterocycles. The molecule has 0 saturated heterocycles. The van der Waals surface area contributed by atoms with Crippen LogP contribution in [-0.4, -0.2) is 24.7 Å². The van der Waals surface area contributed by atoms with E-state index in [1.54, 1.807) is 5.56 Å². The second-order valence-electron chi connectivity index (χ2n) is 7.60. The van der Waals surface area contributed by atoms with E-state index in [1.165, 1.54) is 43.5 Å². The zero-order chi connectivity index (χ0) is 15.5. The average Bonchev–Trinajstić information content (AvgIpc) is 2.41. The third kappa shape index (κ3) is 4.74. The average molecular weight is 288 g/mol. The van der Waals surface area contributed by atoms with Crippen LogP contribution in [-0.2, 0) is 6.42 Å². The Morgan fingerprint density at radius 1 is 1.29 bits per heavy atom. The molecule has 0 bridgehead atoms. The van der Waals surface area contributed by atoms with Crippen molar-refractivity contribution < 1.29 is 0 Å². The van der Waals surface area contributed by atoms with Crippen molar-refractivity contribution in [1.82, 2.24) is 5.32 Å². The Morgan fingerprint density at radius 3 is 2.76 bits per heavy atom. The molecule has 0 fully saturated rings. The summed E-state index contributed by atoms with van der Waals surface area (Å²) in [5.41, 5.74) is 4.64. The largest absolute Gasteiger partial charge is 0.369 e. The highest BCUT2D eigenvalue weighted by Crippen LogP contribution is 2.30. The zero-order valence-corrected chi connectivity index (χ0v) is 14.5. The number of fused-ring (bicyclic) bond motifs is 1. The molecule has 0 saturated carbocycles. The number of nitrogens with one attached hydrogen (secondary N) is 1. The van der Waals surface area contributed by atoms with E-state index in [0.29, 0.717) is 6.04 Å². The first-order valence-corrected chi connectivity index (χ1v) is 8.48. The van der Waals surface area contributed by atoms with Crippen LogP contribution in [0.4, 0.5) is 5.69 Å². The maximum absolute atomic E-state index is 3.59. The van der Waals surface area contributed by atoms with E-state index in [0.717, 1.165) is 6.54 Å². The van der Waals surface area contributed by atoms with Crippen molar-refractivity contribution in [2.45, 2.75) is 71.9 Å². The molecule has 1 N–H and O–H groups in total. The molecule has 1 aromatic rings. The van der Waals surface area contributed by atoms with Crippen molar-refractivity contribution in [3.63, 3.8) is 0 Å². The number of benzene rings is 1. The second-order valence-corrected chi connectivity index (χ2v) is 7.60. The normalized spacial score (nSPS) is 16.7. The Balaban J connectivity index is 1.91. The fraction of sp³-hybridized carbons (Fsp3) is 0.684. The van der Waals surface area contributed by atoms with Crippen LogP contribution >= 0.6 is 0 Å². The first-order valence-electron chi connectivity index (χ1n) is 8.48. The molecule has 2 rings (SSSR count). The minimum Gasteiger partial charge on any atom is -0.369 e. The van der Waals surface area contributed by atoms with Crippen LogP contribution in [0.5, 0.6) is 0 Å². The lowest BCUT2D eigenvalue weighted by molar-refractivity contribution is 0.410. The fourth-order valence-electron chi connectivity index (χ4n) is 3.23. The van der Waals surface area contributed by atoms with Crippen LogP contribution in [0.1, 0.15) is 58.1 Å². The molecule has 2 heteroatoms.